The fourth-order valence-electron chi connectivity index (χ4n) is 1.20. The van der Waals surface area contributed by atoms with Gasteiger partial charge in [-0.2, -0.15) is 13.2 Å². The van der Waals surface area contributed by atoms with E-state index in [0.717, 1.165) is 10.6 Å². The molecule has 9 heteroatoms. The molecule has 0 aromatic carbocycles. The van der Waals surface area contributed by atoms with Crippen LogP contribution < -0.4 is 10.6 Å². The van der Waals surface area contributed by atoms with Gasteiger partial charge in [0, 0.05) is 18.5 Å². The smallest absolute Gasteiger partial charge is 0.356 e. The molecule has 1 aromatic heterocycles. The van der Waals surface area contributed by atoms with E-state index in [1.54, 1.807) is 5.51 Å². The Morgan fingerprint density at radius 2 is 2.11 bits per heavy atom. The van der Waals surface area contributed by atoms with Gasteiger partial charge in [0.25, 0.3) is 0 Å². The molecule has 0 bridgehead atoms. The van der Waals surface area contributed by atoms with E-state index in [0.29, 0.717) is 12.5 Å². The minimum atomic E-state index is -4.15. The van der Waals surface area contributed by atoms with Crippen molar-refractivity contribution in [3.63, 3.8) is 0 Å². The highest BCUT2D eigenvalue weighted by atomic mass is 127. The standard InChI is InChI=1S/C10H15F3N4S.HI/c1-7-8(18-6-17-7)5-16-9(14-2)15-4-3-10(11,12)13;/h6H,3-5H2,1-2H3,(H2,14,15,16);1H. The van der Waals surface area contributed by atoms with Crippen LogP contribution in [-0.2, 0) is 6.54 Å². The number of thiazole rings is 1. The molecule has 1 rings (SSSR count). The number of aromatic nitrogens is 1. The van der Waals surface area contributed by atoms with Crippen LogP contribution in [0.2, 0.25) is 0 Å². The molecular weight excluding hydrogens is 392 g/mol. The predicted molar refractivity (Wildman–Crippen MR) is 81.1 cm³/mol. The van der Waals surface area contributed by atoms with E-state index in [4.69, 9.17) is 0 Å². The van der Waals surface area contributed by atoms with Gasteiger partial charge in [-0.25, -0.2) is 4.98 Å². The van der Waals surface area contributed by atoms with Crippen LogP contribution in [0.5, 0.6) is 0 Å². The quantitative estimate of drug-likeness (QED) is 0.458. The van der Waals surface area contributed by atoms with Gasteiger partial charge in [0.2, 0.25) is 0 Å². The van der Waals surface area contributed by atoms with Crippen LogP contribution >= 0.6 is 35.3 Å². The Hall–Kier alpha value is -0.580. The molecule has 0 amide bonds. The zero-order valence-corrected chi connectivity index (χ0v) is 13.7. The number of hydrogen-bond donors (Lipinski definition) is 2. The number of hydrogen-bond acceptors (Lipinski definition) is 3. The van der Waals surface area contributed by atoms with Crippen molar-refractivity contribution >= 4 is 41.3 Å². The Labute approximate surface area is 130 Å². The van der Waals surface area contributed by atoms with E-state index in [9.17, 15) is 13.2 Å². The first-order valence-corrected chi connectivity index (χ1v) is 6.20. The Morgan fingerprint density at radius 3 is 2.58 bits per heavy atom. The van der Waals surface area contributed by atoms with Gasteiger partial charge in [-0.05, 0) is 6.92 Å². The Balaban J connectivity index is 0.00000324. The zero-order valence-electron chi connectivity index (χ0n) is 10.5. The lowest BCUT2D eigenvalue weighted by Gasteiger charge is -2.12. The van der Waals surface area contributed by atoms with Crippen LogP contribution in [0.15, 0.2) is 10.5 Å². The van der Waals surface area contributed by atoms with Gasteiger partial charge < -0.3 is 10.6 Å². The summed E-state index contributed by atoms with van der Waals surface area (Å²) in [7, 11) is 1.52. The summed E-state index contributed by atoms with van der Waals surface area (Å²) in [5, 5.41) is 5.55. The molecule has 19 heavy (non-hydrogen) atoms. The Morgan fingerprint density at radius 1 is 1.42 bits per heavy atom. The second kappa shape index (κ2) is 8.56. The number of halogens is 4. The fourth-order valence-corrected chi connectivity index (χ4v) is 1.92. The molecule has 0 fully saturated rings. The largest absolute Gasteiger partial charge is 0.390 e. The lowest BCUT2D eigenvalue weighted by molar-refractivity contribution is -0.132. The highest BCUT2D eigenvalue weighted by Crippen LogP contribution is 2.18. The maximum absolute atomic E-state index is 12.0. The third-order valence-electron chi connectivity index (χ3n) is 2.19. The summed E-state index contributed by atoms with van der Waals surface area (Å²) in [6.07, 6.45) is -5.03. The van der Waals surface area contributed by atoms with Crippen molar-refractivity contribution in [3.05, 3.63) is 16.1 Å². The molecule has 0 aliphatic carbocycles. The highest BCUT2D eigenvalue weighted by molar-refractivity contribution is 14.0. The van der Waals surface area contributed by atoms with E-state index in [1.165, 1.54) is 18.4 Å². The van der Waals surface area contributed by atoms with Crippen molar-refractivity contribution < 1.29 is 13.2 Å². The van der Waals surface area contributed by atoms with Crippen LogP contribution in [-0.4, -0.2) is 30.7 Å². The molecule has 1 heterocycles. The van der Waals surface area contributed by atoms with Crippen LogP contribution in [0, 0.1) is 6.92 Å². The SMILES string of the molecule is CN=C(NCCC(F)(F)F)NCc1scnc1C.I. The average Bonchev–Trinajstić information content (AvgIpc) is 2.67. The summed E-state index contributed by atoms with van der Waals surface area (Å²) in [6.45, 7) is 2.19. The number of guanidine groups is 1. The molecular formula is C10H16F3IN4S. The number of nitrogens with one attached hydrogen (secondary N) is 2. The highest BCUT2D eigenvalue weighted by Gasteiger charge is 2.26. The summed E-state index contributed by atoms with van der Waals surface area (Å²) >= 11 is 1.49. The molecule has 0 saturated heterocycles. The van der Waals surface area contributed by atoms with Crippen molar-refractivity contribution in [3.8, 4) is 0 Å². The van der Waals surface area contributed by atoms with Gasteiger partial charge in [-0.1, -0.05) is 0 Å². The summed E-state index contributed by atoms with van der Waals surface area (Å²) in [5.41, 5.74) is 2.64. The van der Waals surface area contributed by atoms with Gasteiger partial charge in [-0.15, -0.1) is 35.3 Å². The van der Waals surface area contributed by atoms with Crippen molar-refractivity contribution in [1.82, 2.24) is 15.6 Å². The number of aliphatic imine (C=N–C) groups is 1. The predicted octanol–water partition coefficient (Wildman–Crippen LogP) is 2.69. The molecule has 2 N–H and O–H groups in total. The number of rotatable bonds is 4. The normalized spacial score (nSPS) is 11.9. The number of nitrogens with zero attached hydrogens (tertiary/aromatic N) is 2. The first kappa shape index (κ1) is 18.4. The monoisotopic (exact) mass is 408 g/mol. The molecule has 0 radical (unpaired) electrons. The molecule has 110 valence electrons. The third kappa shape index (κ3) is 7.55. The molecule has 0 spiro atoms. The maximum atomic E-state index is 12.0. The Bertz CT molecular complexity index is 406. The van der Waals surface area contributed by atoms with Crippen molar-refractivity contribution in [1.29, 1.82) is 0 Å². The van der Waals surface area contributed by atoms with E-state index < -0.39 is 12.6 Å². The van der Waals surface area contributed by atoms with Gasteiger partial charge in [-0.3, -0.25) is 4.99 Å². The topological polar surface area (TPSA) is 49.3 Å². The molecule has 4 nitrogen and oxygen atoms in total. The van der Waals surface area contributed by atoms with Crippen LogP contribution in [0.1, 0.15) is 17.0 Å². The average molecular weight is 408 g/mol. The second-order valence-electron chi connectivity index (χ2n) is 3.58. The van der Waals surface area contributed by atoms with E-state index >= 15 is 0 Å². The van der Waals surface area contributed by atoms with Crippen LogP contribution in [0.25, 0.3) is 0 Å². The molecule has 0 atom stereocenters. The minimum absolute atomic E-state index is 0. The minimum Gasteiger partial charge on any atom is -0.356 e. The van der Waals surface area contributed by atoms with E-state index in [2.05, 4.69) is 20.6 Å². The number of aryl methyl sites for hydroxylation is 1. The molecule has 0 unspecified atom stereocenters. The van der Waals surface area contributed by atoms with Gasteiger partial charge in [0.05, 0.1) is 24.2 Å². The third-order valence-corrected chi connectivity index (χ3v) is 3.12. The zero-order chi connectivity index (χ0) is 13.6. The summed E-state index contributed by atoms with van der Waals surface area (Å²) < 4.78 is 35.9. The van der Waals surface area contributed by atoms with Crippen molar-refractivity contribution in [2.24, 2.45) is 4.99 Å². The summed E-state index contributed by atoms with van der Waals surface area (Å²) in [6, 6.07) is 0. The maximum Gasteiger partial charge on any atom is 0.390 e. The van der Waals surface area contributed by atoms with Crippen molar-refractivity contribution in [2.45, 2.75) is 26.1 Å². The summed E-state index contributed by atoms with van der Waals surface area (Å²) in [4.78, 5) is 8.97. The van der Waals surface area contributed by atoms with Gasteiger partial charge >= 0.3 is 6.18 Å². The number of alkyl halides is 3. The Kier molecular flexibility index (Phi) is 8.30. The molecule has 0 aliphatic rings. The van der Waals surface area contributed by atoms with E-state index in [1.807, 2.05) is 6.92 Å². The second-order valence-corrected chi connectivity index (χ2v) is 4.52. The lowest BCUT2D eigenvalue weighted by Crippen LogP contribution is -2.38. The molecule has 0 aliphatic heterocycles. The van der Waals surface area contributed by atoms with E-state index in [-0.39, 0.29) is 30.5 Å². The molecule has 1 aromatic rings. The first-order chi connectivity index (χ1) is 8.42. The lowest BCUT2D eigenvalue weighted by atomic mass is 10.4. The van der Waals surface area contributed by atoms with Crippen LogP contribution in [0.3, 0.4) is 0 Å². The van der Waals surface area contributed by atoms with Gasteiger partial charge in [0.15, 0.2) is 5.96 Å². The van der Waals surface area contributed by atoms with Gasteiger partial charge in [0.1, 0.15) is 0 Å². The van der Waals surface area contributed by atoms with Crippen molar-refractivity contribution in [2.75, 3.05) is 13.6 Å². The molecule has 0 saturated carbocycles. The first-order valence-electron chi connectivity index (χ1n) is 5.32. The van der Waals surface area contributed by atoms with Crippen LogP contribution in [0.4, 0.5) is 13.2 Å². The fraction of sp³-hybridized carbons (Fsp3) is 0.600. The summed E-state index contributed by atoms with van der Waals surface area (Å²) in [5.74, 6) is 0.354.